The molecule has 0 N–H and O–H groups in total. The van der Waals surface area contributed by atoms with Gasteiger partial charge in [-0.1, -0.05) is 24.3 Å². The van der Waals surface area contributed by atoms with Crippen molar-refractivity contribution in [3.8, 4) is 0 Å². The summed E-state index contributed by atoms with van der Waals surface area (Å²) in [6.45, 7) is 1.93. The molecule has 92 valence electrons. The quantitative estimate of drug-likeness (QED) is 0.512. The average molecular weight is 266 g/mol. The molecule has 0 fully saturated rings. The summed E-state index contributed by atoms with van der Waals surface area (Å²) < 4.78 is 40.1. The number of halogens is 3. The third-order valence-electron chi connectivity index (χ3n) is 3.04. The highest BCUT2D eigenvalue weighted by molar-refractivity contribution is 7.26. The van der Waals surface area contributed by atoms with Gasteiger partial charge in [-0.15, -0.1) is 11.3 Å². The molecule has 18 heavy (non-hydrogen) atoms. The van der Waals surface area contributed by atoms with Crippen LogP contribution in [0, 0.1) is 6.92 Å². The Bertz CT molecular complexity index is 738. The van der Waals surface area contributed by atoms with Gasteiger partial charge in [0.25, 0.3) is 0 Å². The number of fused-ring (bicyclic) bond motifs is 3. The maximum atomic E-state index is 13.0. The molecule has 0 nitrogen and oxygen atoms in total. The van der Waals surface area contributed by atoms with Gasteiger partial charge < -0.3 is 0 Å². The lowest BCUT2D eigenvalue weighted by molar-refractivity contribution is -0.136. The monoisotopic (exact) mass is 266 g/mol. The van der Waals surface area contributed by atoms with Crippen molar-refractivity contribution in [1.29, 1.82) is 0 Å². The Hall–Kier alpha value is -1.55. The normalized spacial score (nSPS) is 12.4. The van der Waals surface area contributed by atoms with E-state index in [1.807, 2.05) is 25.1 Å². The Morgan fingerprint density at radius 3 is 2.44 bits per heavy atom. The first-order chi connectivity index (χ1) is 8.48. The van der Waals surface area contributed by atoms with Crippen molar-refractivity contribution >= 4 is 31.5 Å². The second kappa shape index (κ2) is 3.72. The minimum Gasteiger partial charge on any atom is -0.166 e. The van der Waals surface area contributed by atoms with Gasteiger partial charge in [-0.2, -0.15) is 13.2 Å². The largest absolute Gasteiger partial charge is 0.417 e. The van der Waals surface area contributed by atoms with Crippen molar-refractivity contribution in [1.82, 2.24) is 0 Å². The molecule has 0 spiro atoms. The first kappa shape index (κ1) is 11.5. The Labute approximate surface area is 106 Å². The summed E-state index contributed by atoms with van der Waals surface area (Å²) in [5.41, 5.74) is 0.471. The highest BCUT2D eigenvalue weighted by atomic mass is 32.1. The number of thiophene rings is 1. The minimum absolute atomic E-state index is 0.328. The van der Waals surface area contributed by atoms with Crippen LogP contribution in [-0.4, -0.2) is 0 Å². The van der Waals surface area contributed by atoms with E-state index in [9.17, 15) is 13.2 Å². The second-order valence-corrected chi connectivity index (χ2v) is 5.28. The molecule has 0 saturated carbocycles. The molecular weight excluding hydrogens is 257 g/mol. The lowest BCUT2D eigenvalue weighted by atomic mass is 10.1. The van der Waals surface area contributed by atoms with E-state index >= 15 is 0 Å². The van der Waals surface area contributed by atoms with E-state index in [-0.39, 0.29) is 0 Å². The summed E-state index contributed by atoms with van der Waals surface area (Å²) in [7, 11) is 0. The van der Waals surface area contributed by atoms with Crippen molar-refractivity contribution < 1.29 is 13.2 Å². The molecule has 4 heteroatoms. The van der Waals surface area contributed by atoms with Crippen LogP contribution in [0.1, 0.15) is 11.1 Å². The van der Waals surface area contributed by atoms with Crippen LogP contribution in [-0.2, 0) is 6.18 Å². The fourth-order valence-electron chi connectivity index (χ4n) is 2.25. The lowest BCUT2D eigenvalue weighted by Gasteiger charge is -2.07. The molecule has 0 aliphatic carbocycles. The smallest absolute Gasteiger partial charge is 0.166 e. The summed E-state index contributed by atoms with van der Waals surface area (Å²) in [4.78, 5) is 0. The van der Waals surface area contributed by atoms with Gasteiger partial charge in [0.1, 0.15) is 0 Å². The third-order valence-corrected chi connectivity index (χ3v) is 4.24. The van der Waals surface area contributed by atoms with Gasteiger partial charge in [0.2, 0.25) is 0 Å². The van der Waals surface area contributed by atoms with E-state index in [0.29, 0.717) is 10.1 Å². The van der Waals surface area contributed by atoms with Crippen LogP contribution < -0.4 is 0 Å². The van der Waals surface area contributed by atoms with Crippen molar-refractivity contribution in [2.45, 2.75) is 13.1 Å². The van der Waals surface area contributed by atoms with Crippen molar-refractivity contribution in [2.75, 3.05) is 0 Å². The summed E-state index contributed by atoms with van der Waals surface area (Å²) in [6.07, 6.45) is -4.30. The van der Waals surface area contributed by atoms with E-state index < -0.39 is 11.7 Å². The van der Waals surface area contributed by atoms with Crippen molar-refractivity contribution in [3.05, 3.63) is 47.5 Å². The zero-order chi connectivity index (χ0) is 12.9. The summed E-state index contributed by atoms with van der Waals surface area (Å²) in [6, 6.07) is 10.1. The van der Waals surface area contributed by atoms with Gasteiger partial charge in [0.05, 0.1) is 5.56 Å². The molecular formula is C14H9F3S. The van der Waals surface area contributed by atoms with Gasteiger partial charge in [-0.3, -0.25) is 0 Å². The molecule has 1 heterocycles. The van der Waals surface area contributed by atoms with E-state index in [0.717, 1.165) is 21.7 Å². The van der Waals surface area contributed by atoms with Crippen molar-refractivity contribution in [3.63, 3.8) is 0 Å². The number of alkyl halides is 3. The van der Waals surface area contributed by atoms with E-state index in [2.05, 4.69) is 0 Å². The van der Waals surface area contributed by atoms with Crippen LogP contribution in [0.15, 0.2) is 36.4 Å². The predicted octanol–water partition coefficient (Wildman–Crippen LogP) is 5.38. The van der Waals surface area contributed by atoms with E-state index in [1.54, 1.807) is 6.07 Å². The predicted molar refractivity (Wildman–Crippen MR) is 69.1 cm³/mol. The zero-order valence-corrected chi connectivity index (χ0v) is 10.3. The Balaban J connectivity index is 2.51. The molecule has 2 aromatic carbocycles. The topological polar surface area (TPSA) is 0 Å². The minimum atomic E-state index is -4.30. The average Bonchev–Trinajstić information content (AvgIpc) is 2.66. The first-order valence-corrected chi connectivity index (χ1v) is 6.28. The number of hydrogen-bond donors (Lipinski definition) is 0. The maximum absolute atomic E-state index is 13.0. The molecule has 3 rings (SSSR count). The van der Waals surface area contributed by atoms with Gasteiger partial charge in [-0.05, 0) is 24.6 Å². The fourth-order valence-corrected chi connectivity index (χ4v) is 3.56. The molecule has 0 bridgehead atoms. The van der Waals surface area contributed by atoms with Crippen molar-refractivity contribution in [2.24, 2.45) is 0 Å². The van der Waals surface area contributed by atoms with Gasteiger partial charge in [0, 0.05) is 20.2 Å². The standard InChI is InChI=1S/C14H9F3S/c1-8-4-2-7-11-12(8)9-5-3-6-10(13(9)18-11)14(15,16)17/h2-7H,1H3. The third kappa shape index (κ3) is 1.60. The number of benzene rings is 2. The Kier molecular flexibility index (Phi) is 2.38. The van der Waals surface area contributed by atoms with Crippen LogP contribution in [0.5, 0.6) is 0 Å². The molecule has 0 unspecified atom stereocenters. The van der Waals surface area contributed by atoms with Gasteiger partial charge in [-0.25, -0.2) is 0 Å². The Morgan fingerprint density at radius 1 is 1.00 bits per heavy atom. The van der Waals surface area contributed by atoms with Crippen LogP contribution in [0.3, 0.4) is 0 Å². The second-order valence-electron chi connectivity index (χ2n) is 4.23. The van der Waals surface area contributed by atoms with Gasteiger partial charge in [0.15, 0.2) is 0 Å². The lowest BCUT2D eigenvalue weighted by Crippen LogP contribution is -2.04. The molecule has 0 radical (unpaired) electrons. The maximum Gasteiger partial charge on any atom is 0.417 e. The highest BCUT2D eigenvalue weighted by Crippen LogP contribution is 2.42. The van der Waals surface area contributed by atoms with Crippen LogP contribution in [0.25, 0.3) is 20.2 Å². The highest BCUT2D eigenvalue weighted by Gasteiger charge is 2.33. The van der Waals surface area contributed by atoms with E-state index in [4.69, 9.17) is 0 Å². The summed E-state index contributed by atoms with van der Waals surface area (Å²) >= 11 is 1.21. The molecule has 3 aromatic rings. The van der Waals surface area contributed by atoms with E-state index in [1.165, 1.54) is 17.4 Å². The molecule has 0 aliphatic rings. The van der Waals surface area contributed by atoms with Gasteiger partial charge >= 0.3 is 6.18 Å². The molecule has 1 aromatic heterocycles. The molecule has 0 aliphatic heterocycles. The number of hydrogen-bond acceptors (Lipinski definition) is 1. The molecule has 0 amide bonds. The number of rotatable bonds is 0. The van der Waals surface area contributed by atoms with Crippen LogP contribution in [0.4, 0.5) is 13.2 Å². The van der Waals surface area contributed by atoms with Crippen LogP contribution in [0.2, 0.25) is 0 Å². The van der Waals surface area contributed by atoms with Crippen LogP contribution >= 0.6 is 11.3 Å². The molecule has 0 saturated heterocycles. The first-order valence-electron chi connectivity index (χ1n) is 5.46. The molecule has 0 atom stereocenters. The SMILES string of the molecule is Cc1cccc2sc3c(C(F)(F)F)cccc3c12. The Morgan fingerprint density at radius 2 is 1.72 bits per heavy atom. The zero-order valence-electron chi connectivity index (χ0n) is 9.51. The fraction of sp³-hybridized carbons (Fsp3) is 0.143. The summed E-state index contributed by atoms with van der Waals surface area (Å²) in [5.74, 6) is 0. The number of aryl methyl sites for hydroxylation is 1. The summed E-state index contributed by atoms with van der Waals surface area (Å²) in [5, 5.41) is 1.63.